The number of sulfonamides is 1. The molecule has 1 aliphatic rings. The van der Waals surface area contributed by atoms with Crippen LogP contribution in [-0.2, 0) is 10.0 Å². The van der Waals surface area contributed by atoms with Crippen LogP contribution in [0, 0.1) is 0 Å². The van der Waals surface area contributed by atoms with E-state index >= 15 is 0 Å². The fourth-order valence-corrected chi connectivity index (χ4v) is 4.53. The summed E-state index contributed by atoms with van der Waals surface area (Å²) in [4.78, 5) is 4.69. The Morgan fingerprint density at radius 3 is 2.42 bits per heavy atom. The van der Waals surface area contributed by atoms with Crippen LogP contribution >= 0.6 is 11.6 Å². The van der Waals surface area contributed by atoms with Crippen LogP contribution in [0.25, 0.3) is 0 Å². The Bertz CT molecular complexity index is 644. The first-order chi connectivity index (χ1) is 11.3. The van der Waals surface area contributed by atoms with Gasteiger partial charge >= 0.3 is 0 Å². The van der Waals surface area contributed by atoms with Crippen molar-refractivity contribution in [2.45, 2.75) is 11.3 Å². The minimum atomic E-state index is -3.51. The van der Waals surface area contributed by atoms with Gasteiger partial charge in [0.2, 0.25) is 10.0 Å². The van der Waals surface area contributed by atoms with E-state index in [4.69, 9.17) is 16.3 Å². The third-order valence-corrected chi connectivity index (χ3v) is 6.36. The molecule has 0 bridgehead atoms. The molecular weight excluding hydrogens is 350 g/mol. The van der Waals surface area contributed by atoms with Gasteiger partial charge in [0, 0.05) is 26.2 Å². The van der Waals surface area contributed by atoms with E-state index in [1.165, 1.54) is 17.5 Å². The van der Waals surface area contributed by atoms with Crippen molar-refractivity contribution in [1.29, 1.82) is 0 Å². The number of hydrogen-bond acceptors (Lipinski definition) is 5. The Balaban J connectivity index is 1.96. The van der Waals surface area contributed by atoms with E-state index in [0.717, 1.165) is 32.6 Å². The number of rotatable bonds is 7. The third kappa shape index (κ3) is 4.83. The molecular formula is C16H26ClN3O3S. The van der Waals surface area contributed by atoms with E-state index in [-0.39, 0.29) is 4.90 Å². The second kappa shape index (κ2) is 8.49. The fraction of sp³-hybridized carbons (Fsp3) is 0.625. The quantitative estimate of drug-likeness (QED) is 0.724. The van der Waals surface area contributed by atoms with Crippen LogP contribution in [0.15, 0.2) is 23.1 Å². The van der Waals surface area contributed by atoms with E-state index in [1.54, 1.807) is 12.1 Å². The Labute approximate surface area is 150 Å². The Morgan fingerprint density at radius 1 is 1.21 bits per heavy atom. The van der Waals surface area contributed by atoms with Gasteiger partial charge in [0.25, 0.3) is 0 Å². The summed E-state index contributed by atoms with van der Waals surface area (Å²) in [5, 5.41) is 0.306. The Kier molecular flexibility index (Phi) is 6.88. The molecule has 0 radical (unpaired) electrons. The number of piperazine rings is 1. The van der Waals surface area contributed by atoms with Gasteiger partial charge in [-0.25, -0.2) is 8.42 Å². The predicted molar refractivity (Wildman–Crippen MR) is 96.4 cm³/mol. The number of halogens is 1. The maximum absolute atomic E-state index is 12.8. The highest BCUT2D eigenvalue weighted by atomic mass is 35.5. The first kappa shape index (κ1) is 19.5. The maximum atomic E-state index is 12.8. The van der Waals surface area contributed by atoms with Crippen molar-refractivity contribution in [3.05, 3.63) is 23.2 Å². The molecule has 0 amide bonds. The van der Waals surface area contributed by atoms with Crippen molar-refractivity contribution in [3.8, 4) is 5.75 Å². The van der Waals surface area contributed by atoms with E-state index in [0.29, 0.717) is 23.9 Å². The van der Waals surface area contributed by atoms with Gasteiger partial charge in [-0.05, 0) is 51.8 Å². The lowest BCUT2D eigenvalue weighted by atomic mass is 10.3. The molecule has 1 heterocycles. The van der Waals surface area contributed by atoms with Crippen LogP contribution in [-0.4, -0.2) is 83.0 Å². The van der Waals surface area contributed by atoms with Crippen LogP contribution in [0.5, 0.6) is 5.75 Å². The number of hydrogen-bond donors (Lipinski definition) is 0. The summed E-state index contributed by atoms with van der Waals surface area (Å²) in [6.45, 7) is 4.58. The summed E-state index contributed by atoms with van der Waals surface area (Å²) in [5.41, 5.74) is 0. The summed E-state index contributed by atoms with van der Waals surface area (Å²) >= 11 is 6.06. The van der Waals surface area contributed by atoms with Crippen molar-refractivity contribution < 1.29 is 13.2 Å². The summed E-state index contributed by atoms with van der Waals surface area (Å²) in [6, 6.07) is 4.59. The van der Waals surface area contributed by atoms with Crippen molar-refractivity contribution in [2.75, 3.05) is 60.5 Å². The summed E-state index contributed by atoms with van der Waals surface area (Å²) in [7, 11) is 2.12. The largest absolute Gasteiger partial charge is 0.495 e. The van der Waals surface area contributed by atoms with Gasteiger partial charge in [0.1, 0.15) is 5.75 Å². The molecule has 1 aromatic rings. The van der Waals surface area contributed by atoms with Crippen LogP contribution in [0.3, 0.4) is 0 Å². The molecule has 8 heteroatoms. The van der Waals surface area contributed by atoms with Crippen LogP contribution in [0.4, 0.5) is 0 Å². The van der Waals surface area contributed by atoms with Gasteiger partial charge in [-0.3, -0.25) is 0 Å². The zero-order valence-electron chi connectivity index (χ0n) is 14.5. The standard InChI is InChI=1S/C16H26ClN3O3S/c1-18(2)7-4-8-19-9-11-20(12-10-19)24(21,22)14-5-6-16(23-3)15(17)13-14/h5-6,13H,4,7-12H2,1-3H3. The van der Waals surface area contributed by atoms with E-state index in [9.17, 15) is 8.42 Å². The van der Waals surface area contributed by atoms with Crippen LogP contribution in [0.1, 0.15) is 6.42 Å². The number of nitrogens with zero attached hydrogens (tertiary/aromatic N) is 3. The predicted octanol–water partition coefficient (Wildman–Crippen LogP) is 1.61. The summed E-state index contributed by atoms with van der Waals surface area (Å²) < 4.78 is 32.1. The van der Waals surface area contributed by atoms with Crippen molar-refractivity contribution in [2.24, 2.45) is 0 Å². The molecule has 1 fully saturated rings. The molecule has 0 aromatic heterocycles. The van der Waals surface area contributed by atoms with Gasteiger partial charge in [0.15, 0.2) is 0 Å². The van der Waals surface area contributed by atoms with Gasteiger partial charge in [-0.2, -0.15) is 4.31 Å². The molecule has 1 saturated heterocycles. The van der Waals surface area contributed by atoms with Gasteiger partial charge in [-0.1, -0.05) is 11.6 Å². The van der Waals surface area contributed by atoms with Gasteiger partial charge in [-0.15, -0.1) is 0 Å². The highest BCUT2D eigenvalue weighted by Crippen LogP contribution is 2.28. The monoisotopic (exact) mass is 375 g/mol. The minimum absolute atomic E-state index is 0.217. The van der Waals surface area contributed by atoms with E-state index in [2.05, 4.69) is 23.9 Å². The molecule has 0 unspecified atom stereocenters. The average molecular weight is 376 g/mol. The molecule has 1 aliphatic heterocycles. The van der Waals surface area contributed by atoms with Crippen molar-refractivity contribution in [3.63, 3.8) is 0 Å². The second-order valence-corrected chi connectivity index (χ2v) is 8.54. The summed E-state index contributed by atoms with van der Waals surface area (Å²) in [6.07, 6.45) is 1.09. The maximum Gasteiger partial charge on any atom is 0.243 e. The molecule has 6 nitrogen and oxygen atoms in total. The van der Waals surface area contributed by atoms with Crippen molar-refractivity contribution in [1.82, 2.24) is 14.1 Å². The van der Waals surface area contributed by atoms with E-state index in [1.807, 2.05) is 0 Å². The zero-order valence-corrected chi connectivity index (χ0v) is 16.1. The first-order valence-corrected chi connectivity index (χ1v) is 9.87. The van der Waals surface area contributed by atoms with Crippen molar-refractivity contribution >= 4 is 21.6 Å². The zero-order chi connectivity index (χ0) is 17.7. The Morgan fingerprint density at radius 2 is 1.88 bits per heavy atom. The third-order valence-electron chi connectivity index (χ3n) is 4.17. The van der Waals surface area contributed by atoms with Gasteiger partial charge in [0.05, 0.1) is 17.0 Å². The molecule has 24 heavy (non-hydrogen) atoms. The summed E-state index contributed by atoms with van der Waals surface area (Å²) in [5.74, 6) is 0.473. The molecule has 0 spiro atoms. The molecule has 0 saturated carbocycles. The molecule has 0 N–H and O–H groups in total. The number of benzene rings is 1. The lowest BCUT2D eigenvalue weighted by Crippen LogP contribution is -2.48. The first-order valence-electron chi connectivity index (χ1n) is 8.05. The lowest BCUT2D eigenvalue weighted by molar-refractivity contribution is 0.181. The smallest absolute Gasteiger partial charge is 0.243 e. The second-order valence-electron chi connectivity index (χ2n) is 6.20. The number of methoxy groups -OCH3 is 1. The molecule has 136 valence electrons. The highest BCUT2D eigenvalue weighted by Gasteiger charge is 2.28. The molecule has 0 aliphatic carbocycles. The number of ether oxygens (including phenoxy) is 1. The van der Waals surface area contributed by atoms with Gasteiger partial charge < -0.3 is 14.5 Å². The molecule has 1 aromatic carbocycles. The minimum Gasteiger partial charge on any atom is -0.495 e. The normalized spacial score (nSPS) is 17.4. The average Bonchev–Trinajstić information content (AvgIpc) is 2.55. The van der Waals surface area contributed by atoms with Crippen LogP contribution in [0.2, 0.25) is 5.02 Å². The fourth-order valence-electron chi connectivity index (χ4n) is 2.76. The SMILES string of the molecule is COc1ccc(S(=O)(=O)N2CCN(CCCN(C)C)CC2)cc1Cl. The van der Waals surface area contributed by atoms with E-state index < -0.39 is 10.0 Å². The van der Waals surface area contributed by atoms with Crippen LogP contribution < -0.4 is 4.74 Å². The highest BCUT2D eigenvalue weighted by molar-refractivity contribution is 7.89. The molecule has 2 rings (SSSR count). The topological polar surface area (TPSA) is 53.1 Å². The molecule has 0 atom stereocenters. The lowest BCUT2D eigenvalue weighted by Gasteiger charge is -2.34. The Hall–Kier alpha value is -0.860.